The molecule has 0 saturated carbocycles. The first-order valence-corrected chi connectivity index (χ1v) is 6.91. The summed E-state index contributed by atoms with van der Waals surface area (Å²) in [5.74, 6) is 0.552. The van der Waals surface area contributed by atoms with E-state index in [0.717, 1.165) is 0 Å². The molecule has 0 heterocycles. The van der Waals surface area contributed by atoms with E-state index < -0.39 is 4.92 Å². The fourth-order valence-electron chi connectivity index (χ4n) is 1.96. The van der Waals surface area contributed by atoms with Crippen LogP contribution in [0.15, 0.2) is 42.5 Å². The molecule has 120 valence electrons. The highest BCUT2D eigenvalue weighted by Gasteiger charge is 2.14. The Hall–Kier alpha value is -3.09. The molecule has 1 amide bonds. The summed E-state index contributed by atoms with van der Waals surface area (Å²) in [5.41, 5.74) is 0.687. The van der Waals surface area contributed by atoms with Crippen LogP contribution in [0, 0.1) is 10.1 Å². The summed E-state index contributed by atoms with van der Waals surface area (Å²) in [6.07, 6.45) is 0. The normalized spacial score (nSPS) is 10.0. The van der Waals surface area contributed by atoms with Crippen molar-refractivity contribution in [1.82, 2.24) is 0 Å². The minimum Gasteiger partial charge on any atom is -0.494 e. The minimum absolute atomic E-state index is 0.110. The van der Waals surface area contributed by atoms with Crippen LogP contribution in [0.1, 0.15) is 17.3 Å². The van der Waals surface area contributed by atoms with Gasteiger partial charge in [-0.15, -0.1) is 0 Å². The molecule has 0 bridgehead atoms. The molecule has 0 saturated heterocycles. The first kappa shape index (κ1) is 16.3. The van der Waals surface area contributed by atoms with Crippen molar-refractivity contribution < 1.29 is 19.2 Å². The van der Waals surface area contributed by atoms with Gasteiger partial charge < -0.3 is 14.8 Å². The quantitative estimate of drug-likeness (QED) is 0.652. The molecule has 23 heavy (non-hydrogen) atoms. The third kappa shape index (κ3) is 3.97. The predicted octanol–water partition coefficient (Wildman–Crippen LogP) is 3.25. The number of amides is 1. The Bertz CT molecular complexity index is 713. The van der Waals surface area contributed by atoms with Crippen molar-refractivity contribution in [3.05, 3.63) is 58.1 Å². The van der Waals surface area contributed by atoms with E-state index in [2.05, 4.69) is 5.32 Å². The molecule has 7 heteroatoms. The van der Waals surface area contributed by atoms with Crippen LogP contribution in [0.2, 0.25) is 0 Å². The number of anilines is 1. The van der Waals surface area contributed by atoms with Crippen LogP contribution in [0.5, 0.6) is 11.5 Å². The van der Waals surface area contributed by atoms with Crippen molar-refractivity contribution in [2.45, 2.75) is 6.92 Å². The molecule has 0 aliphatic carbocycles. The SMILES string of the molecule is CCOc1ccc(C(=O)Nc2ccc([N+](=O)[O-])cc2OC)cc1. The third-order valence-corrected chi connectivity index (χ3v) is 3.07. The Kier molecular flexibility index (Phi) is 5.14. The maximum Gasteiger partial charge on any atom is 0.273 e. The molecule has 0 atom stereocenters. The summed E-state index contributed by atoms with van der Waals surface area (Å²) >= 11 is 0. The number of ether oxygens (including phenoxy) is 2. The summed E-state index contributed by atoms with van der Waals surface area (Å²) in [6.45, 7) is 2.42. The van der Waals surface area contributed by atoms with E-state index in [1.807, 2.05) is 6.92 Å². The predicted molar refractivity (Wildman–Crippen MR) is 85.2 cm³/mol. The number of nitrogens with zero attached hydrogens (tertiary/aromatic N) is 1. The molecule has 0 aromatic heterocycles. The van der Waals surface area contributed by atoms with Crippen LogP contribution >= 0.6 is 0 Å². The van der Waals surface area contributed by atoms with E-state index in [1.54, 1.807) is 24.3 Å². The van der Waals surface area contributed by atoms with Gasteiger partial charge in [-0.1, -0.05) is 0 Å². The maximum absolute atomic E-state index is 12.2. The van der Waals surface area contributed by atoms with Crippen LogP contribution in [-0.4, -0.2) is 24.5 Å². The number of rotatable bonds is 6. The van der Waals surface area contributed by atoms with Crippen molar-refractivity contribution in [3.8, 4) is 11.5 Å². The van der Waals surface area contributed by atoms with E-state index in [0.29, 0.717) is 23.6 Å². The molecule has 0 aliphatic heterocycles. The highest BCUT2D eigenvalue weighted by Crippen LogP contribution is 2.29. The molecule has 0 spiro atoms. The molecule has 1 N–H and O–H groups in total. The lowest BCUT2D eigenvalue weighted by Gasteiger charge is -2.10. The number of nitro groups is 1. The van der Waals surface area contributed by atoms with Gasteiger partial charge in [0.15, 0.2) is 0 Å². The van der Waals surface area contributed by atoms with Crippen molar-refractivity contribution in [2.24, 2.45) is 0 Å². The zero-order valence-electron chi connectivity index (χ0n) is 12.7. The topological polar surface area (TPSA) is 90.7 Å². The Morgan fingerprint density at radius 2 is 1.91 bits per heavy atom. The molecule has 2 rings (SSSR count). The van der Waals surface area contributed by atoms with Gasteiger partial charge in [0.05, 0.1) is 30.4 Å². The van der Waals surface area contributed by atoms with Gasteiger partial charge in [-0.05, 0) is 37.3 Å². The number of non-ortho nitro benzene ring substituents is 1. The van der Waals surface area contributed by atoms with Gasteiger partial charge in [0, 0.05) is 11.6 Å². The highest BCUT2D eigenvalue weighted by atomic mass is 16.6. The third-order valence-electron chi connectivity index (χ3n) is 3.07. The lowest BCUT2D eigenvalue weighted by Crippen LogP contribution is -2.12. The summed E-state index contributed by atoms with van der Waals surface area (Å²) in [7, 11) is 1.38. The average molecular weight is 316 g/mol. The number of carbonyl (C=O) groups is 1. The number of benzene rings is 2. The van der Waals surface area contributed by atoms with Gasteiger partial charge in [0.1, 0.15) is 11.5 Å². The van der Waals surface area contributed by atoms with E-state index >= 15 is 0 Å². The second-order valence-electron chi connectivity index (χ2n) is 4.55. The lowest BCUT2D eigenvalue weighted by molar-refractivity contribution is -0.384. The fraction of sp³-hybridized carbons (Fsp3) is 0.188. The Balaban J connectivity index is 2.17. The molecular weight excluding hydrogens is 300 g/mol. The molecule has 0 fully saturated rings. The Morgan fingerprint density at radius 1 is 1.22 bits per heavy atom. The van der Waals surface area contributed by atoms with Gasteiger partial charge in [-0.2, -0.15) is 0 Å². The van der Waals surface area contributed by atoms with Crippen molar-refractivity contribution in [3.63, 3.8) is 0 Å². The summed E-state index contributed by atoms with van der Waals surface area (Å²) < 4.78 is 10.4. The zero-order valence-corrected chi connectivity index (χ0v) is 12.7. The number of methoxy groups -OCH3 is 1. The average Bonchev–Trinajstić information content (AvgIpc) is 2.56. The van der Waals surface area contributed by atoms with Crippen LogP contribution in [0.3, 0.4) is 0 Å². The van der Waals surface area contributed by atoms with E-state index in [4.69, 9.17) is 9.47 Å². The smallest absolute Gasteiger partial charge is 0.273 e. The molecule has 0 aliphatic rings. The molecular formula is C16H16N2O5. The van der Waals surface area contributed by atoms with Crippen molar-refractivity contribution >= 4 is 17.3 Å². The second-order valence-corrected chi connectivity index (χ2v) is 4.55. The fourth-order valence-corrected chi connectivity index (χ4v) is 1.96. The van der Waals surface area contributed by atoms with Gasteiger partial charge in [0.25, 0.3) is 11.6 Å². The Labute approximate surface area is 133 Å². The van der Waals surface area contributed by atoms with Crippen molar-refractivity contribution in [2.75, 3.05) is 19.0 Å². The van der Waals surface area contributed by atoms with Gasteiger partial charge in [0.2, 0.25) is 0 Å². The van der Waals surface area contributed by atoms with E-state index in [9.17, 15) is 14.9 Å². The number of nitrogens with one attached hydrogen (secondary N) is 1. The Morgan fingerprint density at radius 3 is 2.48 bits per heavy atom. The first-order chi connectivity index (χ1) is 11.0. The van der Waals surface area contributed by atoms with Gasteiger partial charge in [-0.3, -0.25) is 14.9 Å². The number of hydrogen-bond acceptors (Lipinski definition) is 5. The molecule has 7 nitrogen and oxygen atoms in total. The molecule has 2 aromatic carbocycles. The maximum atomic E-state index is 12.2. The van der Waals surface area contributed by atoms with Gasteiger partial charge in [-0.25, -0.2) is 0 Å². The largest absolute Gasteiger partial charge is 0.494 e. The number of nitro benzene ring substituents is 1. The number of hydrogen-bond donors (Lipinski definition) is 1. The van der Waals surface area contributed by atoms with Crippen LogP contribution in [0.25, 0.3) is 0 Å². The van der Waals surface area contributed by atoms with E-state index in [1.165, 1.54) is 25.3 Å². The minimum atomic E-state index is -0.527. The van der Waals surface area contributed by atoms with Crippen LogP contribution in [0.4, 0.5) is 11.4 Å². The molecule has 0 radical (unpaired) electrons. The highest BCUT2D eigenvalue weighted by molar-refractivity contribution is 6.05. The second kappa shape index (κ2) is 7.26. The lowest BCUT2D eigenvalue weighted by atomic mass is 10.2. The summed E-state index contributed by atoms with van der Waals surface area (Å²) in [5, 5.41) is 13.4. The van der Waals surface area contributed by atoms with Crippen LogP contribution in [-0.2, 0) is 0 Å². The van der Waals surface area contributed by atoms with Crippen molar-refractivity contribution in [1.29, 1.82) is 0 Å². The number of carbonyl (C=O) groups excluding carboxylic acids is 1. The van der Waals surface area contributed by atoms with Crippen LogP contribution < -0.4 is 14.8 Å². The van der Waals surface area contributed by atoms with Gasteiger partial charge >= 0.3 is 0 Å². The summed E-state index contributed by atoms with van der Waals surface area (Å²) in [6, 6.07) is 10.7. The molecule has 0 unspecified atom stereocenters. The first-order valence-electron chi connectivity index (χ1n) is 6.91. The van der Waals surface area contributed by atoms with E-state index in [-0.39, 0.29) is 17.3 Å². The molecule has 2 aromatic rings. The monoisotopic (exact) mass is 316 g/mol. The standard InChI is InChI=1S/C16H16N2O5/c1-3-23-13-7-4-11(5-8-13)16(19)17-14-9-6-12(18(20)21)10-15(14)22-2/h4-10H,3H2,1-2H3,(H,17,19). The summed E-state index contributed by atoms with van der Waals surface area (Å²) in [4.78, 5) is 22.5. The zero-order chi connectivity index (χ0) is 16.8.